The zero-order chi connectivity index (χ0) is 13.1. The Morgan fingerprint density at radius 2 is 2.39 bits per heavy atom. The van der Waals surface area contributed by atoms with Gasteiger partial charge in [0.25, 0.3) is 0 Å². The van der Waals surface area contributed by atoms with Crippen molar-refractivity contribution in [2.45, 2.75) is 19.4 Å². The first-order valence-electron chi connectivity index (χ1n) is 5.95. The Hall–Kier alpha value is -1.07. The molecule has 0 radical (unpaired) electrons. The lowest BCUT2D eigenvalue weighted by molar-refractivity contribution is 0.0697. The number of rotatable bonds is 4. The molecule has 4 nitrogen and oxygen atoms in total. The minimum Gasteiger partial charge on any atom is -0.478 e. The van der Waals surface area contributed by atoms with Gasteiger partial charge < -0.3 is 15.2 Å². The van der Waals surface area contributed by atoms with Gasteiger partial charge in [0.05, 0.1) is 12.2 Å². The molecule has 2 rings (SSSR count). The number of hydrogen-bond acceptors (Lipinski definition) is 3. The van der Waals surface area contributed by atoms with Gasteiger partial charge >= 0.3 is 5.97 Å². The van der Waals surface area contributed by atoms with Gasteiger partial charge in [-0.25, -0.2) is 4.79 Å². The van der Waals surface area contributed by atoms with Gasteiger partial charge in [-0.2, -0.15) is 0 Å². The van der Waals surface area contributed by atoms with Gasteiger partial charge in [0.1, 0.15) is 0 Å². The Kier molecular flexibility index (Phi) is 4.24. The molecule has 98 valence electrons. The van der Waals surface area contributed by atoms with Crippen LogP contribution in [0, 0.1) is 5.92 Å². The molecule has 2 atom stereocenters. The molecule has 18 heavy (non-hydrogen) atoms. The molecule has 1 saturated heterocycles. The molecule has 0 spiro atoms. The average Bonchev–Trinajstić information content (AvgIpc) is 2.85. The summed E-state index contributed by atoms with van der Waals surface area (Å²) in [5.41, 5.74) is 1.20. The van der Waals surface area contributed by atoms with Crippen molar-refractivity contribution < 1.29 is 14.6 Å². The van der Waals surface area contributed by atoms with Crippen LogP contribution in [0.3, 0.4) is 0 Å². The van der Waals surface area contributed by atoms with Crippen molar-refractivity contribution >= 4 is 27.6 Å². The third-order valence-corrected chi connectivity index (χ3v) is 3.93. The van der Waals surface area contributed by atoms with Gasteiger partial charge in [-0.05, 0) is 47.5 Å². The summed E-state index contributed by atoms with van der Waals surface area (Å²) in [5.74, 6) is -0.407. The van der Waals surface area contributed by atoms with Crippen LogP contribution in [0.25, 0.3) is 0 Å². The van der Waals surface area contributed by atoms with E-state index in [2.05, 4.69) is 28.2 Å². The van der Waals surface area contributed by atoms with E-state index in [4.69, 9.17) is 9.84 Å². The number of carboxylic acid groups (broad SMARTS) is 1. The Morgan fingerprint density at radius 3 is 2.94 bits per heavy atom. The molecule has 0 aliphatic carbocycles. The highest BCUT2D eigenvalue weighted by Crippen LogP contribution is 2.27. The maximum absolute atomic E-state index is 10.8. The van der Waals surface area contributed by atoms with E-state index >= 15 is 0 Å². The van der Waals surface area contributed by atoms with Crippen molar-refractivity contribution in [3.63, 3.8) is 0 Å². The van der Waals surface area contributed by atoms with E-state index in [0.29, 0.717) is 12.0 Å². The van der Waals surface area contributed by atoms with Crippen LogP contribution >= 0.6 is 15.9 Å². The van der Waals surface area contributed by atoms with E-state index in [0.717, 1.165) is 29.8 Å². The Bertz CT molecular complexity index is 444. The molecular formula is C13H16BrNO3. The summed E-state index contributed by atoms with van der Waals surface area (Å²) in [6, 6.07) is 5.31. The van der Waals surface area contributed by atoms with Crippen LogP contribution in [0.5, 0.6) is 0 Å². The Labute approximate surface area is 114 Å². The standard InChI is InChI=1S/C13H16BrNO3/c1-8(10-4-5-18-7-10)15-12-3-2-9(13(16)17)6-11(12)14/h2-3,6,8,10,15H,4-5,7H2,1H3,(H,16,17). The molecule has 1 fully saturated rings. The largest absolute Gasteiger partial charge is 0.478 e. The molecule has 0 amide bonds. The van der Waals surface area contributed by atoms with Crippen LogP contribution in [0.15, 0.2) is 22.7 Å². The molecule has 1 heterocycles. The third-order valence-electron chi connectivity index (χ3n) is 3.27. The second-order valence-electron chi connectivity index (χ2n) is 4.56. The van der Waals surface area contributed by atoms with Crippen molar-refractivity contribution in [1.82, 2.24) is 0 Å². The molecule has 0 saturated carbocycles. The number of carbonyl (C=O) groups is 1. The molecule has 1 aromatic rings. The summed E-state index contributed by atoms with van der Waals surface area (Å²) in [6.07, 6.45) is 1.07. The predicted molar refractivity (Wildman–Crippen MR) is 73.1 cm³/mol. The molecule has 1 aliphatic rings. The number of aromatic carboxylic acids is 1. The zero-order valence-corrected chi connectivity index (χ0v) is 11.7. The highest BCUT2D eigenvalue weighted by atomic mass is 79.9. The normalized spacial score (nSPS) is 20.7. The Morgan fingerprint density at radius 1 is 1.61 bits per heavy atom. The average molecular weight is 314 g/mol. The van der Waals surface area contributed by atoms with E-state index < -0.39 is 5.97 Å². The van der Waals surface area contributed by atoms with Gasteiger partial charge in [-0.15, -0.1) is 0 Å². The highest BCUT2D eigenvalue weighted by Gasteiger charge is 2.22. The van der Waals surface area contributed by atoms with Gasteiger partial charge in [-0.1, -0.05) is 0 Å². The lowest BCUT2D eigenvalue weighted by Crippen LogP contribution is -2.26. The minimum absolute atomic E-state index is 0.282. The van der Waals surface area contributed by atoms with Crippen molar-refractivity contribution in [3.8, 4) is 0 Å². The molecule has 1 aromatic carbocycles. The maximum atomic E-state index is 10.8. The SMILES string of the molecule is CC(Nc1ccc(C(=O)O)cc1Br)C1CCOC1. The fraction of sp³-hybridized carbons (Fsp3) is 0.462. The number of halogens is 1. The minimum atomic E-state index is -0.917. The van der Waals surface area contributed by atoms with E-state index in [9.17, 15) is 4.79 Å². The van der Waals surface area contributed by atoms with E-state index in [1.807, 2.05) is 0 Å². The predicted octanol–water partition coefficient (Wildman–Crippen LogP) is 2.98. The van der Waals surface area contributed by atoms with Gasteiger partial charge in [0.15, 0.2) is 0 Å². The van der Waals surface area contributed by atoms with Crippen LogP contribution in [0.2, 0.25) is 0 Å². The van der Waals surface area contributed by atoms with Crippen LogP contribution in [-0.2, 0) is 4.74 Å². The zero-order valence-electron chi connectivity index (χ0n) is 10.1. The van der Waals surface area contributed by atoms with Crippen molar-refractivity contribution in [3.05, 3.63) is 28.2 Å². The molecule has 0 aromatic heterocycles. The molecular weight excluding hydrogens is 298 g/mol. The summed E-state index contributed by atoms with van der Waals surface area (Å²) in [4.78, 5) is 10.8. The van der Waals surface area contributed by atoms with Crippen LogP contribution in [0.1, 0.15) is 23.7 Å². The number of hydrogen-bond donors (Lipinski definition) is 2. The molecule has 2 unspecified atom stereocenters. The quantitative estimate of drug-likeness (QED) is 0.897. The molecule has 1 aliphatic heterocycles. The summed E-state index contributed by atoms with van der Waals surface area (Å²) < 4.78 is 6.14. The topological polar surface area (TPSA) is 58.6 Å². The first-order chi connectivity index (χ1) is 8.58. The molecule has 0 bridgehead atoms. The van der Waals surface area contributed by atoms with Crippen LogP contribution in [0.4, 0.5) is 5.69 Å². The smallest absolute Gasteiger partial charge is 0.335 e. The molecule has 5 heteroatoms. The number of anilines is 1. The van der Waals surface area contributed by atoms with E-state index in [-0.39, 0.29) is 5.56 Å². The highest BCUT2D eigenvalue weighted by molar-refractivity contribution is 9.10. The number of nitrogens with one attached hydrogen (secondary N) is 1. The third kappa shape index (κ3) is 3.03. The lowest BCUT2D eigenvalue weighted by atomic mass is 10.0. The fourth-order valence-corrected chi connectivity index (χ4v) is 2.57. The number of ether oxygens (including phenoxy) is 1. The van der Waals surface area contributed by atoms with Gasteiger partial charge in [-0.3, -0.25) is 0 Å². The fourth-order valence-electron chi connectivity index (χ4n) is 2.08. The van der Waals surface area contributed by atoms with Crippen molar-refractivity contribution in [2.75, 3.05) is 18.5 Å². The lowest BCUT2D eigenvalue weighted by Gasteiger charge is -2.21. The summed E-state index contributed by atoms with van der Waals surface area (Å²) >= 11 is 3.40. The van der Waals surface area contributed by atoms with Crippen molar-refractivity contribution in [2.24, 2.45) is 5.92 Å². The summed E-state index contributed by atoms with van der Waals surface area (Å²) in [6.45, 7) is 3.74. The van der Waals surface area contributed by atoms with Crippen molar-refractivity contribution in [1.29, 1.82) is 0 Å². The maximum Gasteiger partial charge on any atom is 0.335 e. The van der Waals surface area contributed by atoms with E-state index in [1.54, 1.807) is 18.2 Å². The van der Waals surface area contributed by atoms with Gasteiger partial charge in [0, 0.05) is 28.7 Å². The van der Waals surface area contributed by atoms with Crippen LogP contribution in [-0.4, -0.2) is 30.3 Å². The molecule has 2 N–H and O–H groups in total. The number of carboxylic acids is 1. The number of benzene rings is 1. The monoisotopic (exact) mass is 313 g/mol. The summed E-state index contributed by atoms with van der Waals surface area (Å²) in [7, 11) is 0. The van der Waals surface area contributed by atoms with Crippen LogP contribution < -0.4 is 5.32 Å². The first-order valence-corrected chi connectivity index (χ1v) is 6.74. The Balaban J connectivity index is 2.06. The second-order valence-corrected chi connectivity index (χ2v) is 5.41. The first kappa shape index (κ1) is 13.4. The second kappa shape index (κ2) is 5.71. The van der Waals surface area contributed by atoms with E-state index in [1.165, 1.54) is 0 Å². The summed E-state index contributed by atoms with van der Waals surface area (Å²) in [5, 5.41) is 12.3. The van der Waals surface area contributed by atoms with Gasteiger partial charge in [0.2, 0.25) is 0 Å².